The van der Waals surface area contributed by atoms with Gasteiger partial charge in [-0.1, -0.05) is 20.8 Å². The third-order valence-corrected chi connectivity index (χ3v) is 2.08. The Labute approximate surface area is 74.4 Å². The van der Waals surface area contributed by atoms with E-state index in [9.17, 15) is 0 Å². The van der Waals surface area contributed by atoms with Gasteiger partial charge in [-0.05, 0) is 36.4 Å². The van der Waals surface area contributed by atoms with Crippen LogP contribution >= 0.6 is 11.6 Å². The van der Waals surface area contributed by atoms with Crippen LogP contribution in [0.3, 0.4) is 0 Å². The Kier molecular flexibility index (Phi) is 5.39. The summed E-state index contributed by atoms with van der Waals surface area (Å²) < 4.78 is 5.03. The van der Waals surface area contributed by atoms with Gasteiger partial charge in [0.05, 0.1) is 6.61 Å². The Hall–Kier alpha value is -0.170. The Balaban J connectivity index is 3.31. The lowest BCUT2D eigenvalue weighted by molar-refractivity contribution is 0.201. The predicted molar refractivity (Wildman–Crippen MR) is 49.6 cm³/mol. The molecule has 0 amide bonds. The summed E-state index contributed by atoms with van der Waals surface area (Å²) in [6.45, 7) is 10.8. The molecule has 0 aliphatic rings. The van der Waals surface area contributed by atoms with Crippen molar-refractivity contribution in [3.63, 3.8) is 0 Å². The first-order valence-corrected chi connectivity index (χ1v) is 4.39. The van der Waals surface area contributed by atoms with Crippen LogP contribution in [0.25, 0.3) is 0 Å². The predicted octanol–water partition coefficient (Wildman–Crippen LogP) is 3.40. The first kappa shape index (κ1) is 10.8. The maximum absolute atomic E-state index is 5.42. The molecule has 0 N–H and O–H groups in total. The lowest BCUT2D eigenvalue weighted by Crippen LogP contribution is -2.06. The van der Waals surface area contributed by atoms with Crippen molar-refractivity contribution in [1.82, 2.24) is 0 Å². The van der Waals surface area contributed by atoms with E-state index in [0.717, 1.165) is 6.42 Å². The van der Waals surface area contributed by atoms with Gasteiger partial charge in [-0.3, -0.25) is 0 Å². The molecule has 0 rings (SSSR count). The number of halogens is 1. The monoisotopic (exact) mass is 176 g/mol. The van der Waals surface area contributed by atoms with E-state index in [2.05, 4.69) is 27.4 Å². The van der Waals surface area contributed by atoms with Gasteiger partial charge in [0, 0.05) is 0 Å². The van der Waals surface area contributed by atoms with Crippen LogP contribution in [0.4, 0.5) is 0 Å². The van der Waals surface area contributed by atoms with Crippen molar-refractivity contribution in [3.8, 4) is 0 Å². The molecule has 0 aliphatic heterocycles. The zero-order valence-corrected chi connectivity index (χ0v) is 8.32. The van der Waals surface area contributed by atoms with Crippen molar-refractivity contribution in [2.45, 2.75) is 27.2 Å². The average Bonchev–Trinajstić information content (AvgIpc) is 1.86. The summed E-state index contributed by atoms with van der Waals surface area (Å²) in [6.07, 6.45) is 1.05. The molecule has 1 unspecified atom stereocenters. The van der Waals surface area contributed by atoms with Crippen molar-refractivity contribution in [1.29, 1.82) is 0 Å². The number of ether oxygens (including phenoxy) is 1. The quantitative estimate of drug-likeness (QED) is 0.584. The summed E-state index contributed by atoms with van der Waals surface area (Å²) >= 11 is 5.42. The fraction of sp³-hybridized carbons (Fsp3) is 0.778. The molecule has 1 atom stereocenters. The fourth-order valence-electron chi connectivity index (χ4n) is 0.689. The van der Waals surface area contributed by atoms with Crippen LogP contribution in [-0.4, -0.2) is 6.61 Å². The highest BCUT2D eigenvalue weighted by atomic mass is 35.5. The molecule has 66 valence electrons. The smallest absolute Gasteiger partial charge is 0.179 e. The zero-order valence-electron chi connectivity index (χ0n) is 7.56. The van der Waals surface area contributed by atoms with Gasteiger partial charge in [0.1, 0.15) is 0 Å². The second-order valence-corrected chi connectivity index (χ2v) is 3.64. The summed E-state index contributed by atoms with van der Waals surface area (Å²) in [7, 11) is 0. The van der Waals surface area contributed by atoms with Gasteiger partial charge in [0.15, 0.2) is 5.22 Å². The molecule has 0 spiro atoms. The summed E-state index contributed by atoms with van der Waals surface area (Å²) in [6, 6.07) is 0. The Morgan fingerprint density at radius 1 is 1.45 bits per heavy atom. The molecule has 0 heterocycles. The van der Waals surface area contributed by atoms with Crippen molar-refractivity contribution >= 4 is 11.6 Å². The molecule has 11 heavy (non-hydrogen) atoms. The first-order valence-electron chi connectivity index (χ1n) is 4.01. The zero-order chi connectivity index (χ0) is 8.85. The molecule has 0 saturated heterocycles. The lowest BCUT2D eigenvalue weighted by Gasteiger charge is -2.14. The highest BCUT2D eigenvalue weighted by Crippen LogP contribution is 2.14. The van der Waals surface area contributed by atoms with Gasteiger partial charge < -0.3 is 4.74 Å². The van der Waals surface area contributed by atoms with E-state index in [0.29, 0.717) is 23.7 Å². The van der Waals surface area contributed by atoms with E-state index in [4.69, 9.17) is 16.3 Å². The van der Waals surface area contributed by atoms with E-state index in [1.54, 1.807) is 0 Å². The minimum absolute atomic E-state index is 0.293. The first-order chi connectivity index (χ1) is 5.04. The second-order valence-electron chi connectivity index (χ2n) is 3.21. The van der Waals surface area contributed by atoms with Gasteiger partial charge in [-0.15, -0.1) is 0 Å². The van der Waals surface area contributed by atoms with E-state index in [1.165, 1.54) is 0 Å². The fourth-order valence-corrected chi connectivity index (χ4v) is 0.766. The summed E-state index contributed by atoms with van der Waals surface area (Å²) in [5, 5.41) is 0.293. The summed E-state index contributed by atoms with van der Waals surface area (Å²) in [4.78, 5) is 0. The lowest BCUT2D eigenvalue weighted by atomic mass is 9.95. The SMILES string of the molecule is C=C(Cl)OCCC(C)C(C)C. The molecular formula is C9H17ClO. The Bertz CT molecular complexity index is 121. The van der Waals surface area contributed by atoms with Crippen molar-refractivity contribution < 1.29 is 4.74 Å². The number of hydrogen-bond donors (Lipinski definition) is 0. The van der Waals surface area contributed by atoms with Crippen molar-refractivity contribution in [2.24, 2.45) is 11.8 Å². The largest absolute Gasteiger partial charge is 0.483 e. The molecule has 0 saturated carbocycles. The third kappa shape index (κ3) is 6.24. The minimum atomic E-state index is 0.293. The topological polar surface area (TPSA) is 9.23 Å². The maximum Gasteiger partial charge on any atom is 0.179 e. The normalized spacial score (nSPS) is 13.2. The maximum atomic E-state index is 5.42. The highest BCUT2D eigenvalue weighted by Gasteiger charge is 2.06. The van der Waals surface area contributed by atoms with Crippen LogP contribution in [0.2, 0.25) is 0 Å². The van der Waals surface area contributed by atoms with Gasteiger partial charge in [-0.25, -0.2) is 0 Å². The van der Waals surface area contributed by atoms with Crippen LogP contribution in [0.5, 0.6) is 0 Å². The molecule has 0 radical (unpaired) electrons. The number of rotatable bonds is 5. The van der Waals surface area contributed by atoms with E-state index >= 15 is 0 Å². The van der Waals surface area contributed by atoms with Crippen molar-refractivity contribution in [3.05, 3.63) is 11.8 Å². The second kappa shape index (κ2) is 5.48. The molecule has 0 aromatic carbocycles. The van der Waals surface area contributed by atoms with Crippen LogP contribution in [0.15, 0.2) is 11.8 Å². The molecule has 0 bridgehead atoms. The summed E-state index contributed by atoms with van der Waals surface area (Å²) in [5.74, 6) is 1.40. The van der Waals surface area contributed by atoms with Gasteiger partial charge in [0.2, 0.25) is 0 Å². The molecule has 0 aromatic heterocycles. The van der Waals surface area contributed by atoms with Crippen LogP contribution in [0, 0.1) is 11.8 Å². The molecule has 0 aliphatic carbocycles. The molecular weight excluding hydrogens is 160 g/mol. The van der Waals surface area contributed by atoms with Gasteiger partial charge in [0.25, 0.3) is 0 Å². The molecule has 0 aromatic rings. The molecule has 1 nitrogen and oxygen atoms in total. The molecule has 2 heteroatoms. The Morgan fingerprint density at radius 3 is 2.36 bits per heavy atom. The van der Waals surface area contributed by atoms with Crippen molar-refractivity contribution in [2.75, 3.05) is 6.61 Å². The standard InChI is InChI=1S/C9H17ClO/c1-7(2)8(3)5-6-11-9(4)10/h7-8H,4-6H2,1-3H3. The average molecular weight is 177 g/mol. The van der Waals surface area contributed by atoms with E-state index < -0.39 is 0 Å². The Morgan fingerprint density at radius 2 is 2.00 bits per heavy atom. The van der Waals surface area contributed by atoms with Gasteiger partial charge in [-0.2, -0.15) is 0 Å². The van der Waals surface area contributed by atoms with Crippen LogP contribution < -0.4 is 0 Å². The molecule has 0 fully saturated rings. The van der Waals surface area contributed by atoms with Crippen LogP contribution in [0.1, 0.15) is 27.2 Å². The highest BCUT2D eigenvalue weighted by molar-refractivity contribution is 6.27. The summed E-state index contributed by atoms with van der Waals surface area (Å²) in [5.41, 5.74) is 0. The van der Waals surface area contributed by atoms with Crippen LogP contribution in [-0.2, 0) is 4.74 Å². The van der Waals surface area contributed by atoms with Gasteiger partial charge >= 0.3 is 0 Å². The number of hydrogen-bond acceptors (Lipinski definition) is 1. The van der Waals surface area contributed by atoms with E-state index in [-0.39, 0.29) is 0 Å². The van der Waals surface area contributed by atoms with E-state index in [1.807, 2.05) is 0 Å². The third-order valence-electron chi connectivity index (χ3n) is 1.97. The minimum Gasteiger partial charge on any atom is -0.483 e.